The van der Waals surface area contributed by atoms with Crippen molar-refractivity contribution in [2.24, 2.45) is 0 Å². The van der Waals surface area contributed by atoms with Crippen LogP contribution in [0.15, 0.2) is 42.5 Å². The highest BCUT2D eigenvalue weighted by molar-refractivity contribution is 5.99. The number of nitro benzene ring substituents is 1. The molecule has 0 spiro atoms. The summed E-state index contributed by atoms with van der Waals surface area (Å²) in [5.41, 5.74) is -0.861. The molecule has 0 aliphatic carbocycles. The van der Waals surface area contributed by atoms with E-state index in [1.807, 2.05) is 0 Å². The first-order chi connectivity index (χ1) is 13.7. The van der Waals surface area contributed by atoms with Crippen molar-refractivity contribution in [1.82, 2.24) is 0 Å². The summed E-state index contributed by atoms with van der Waals surface area (Å²) >= 11 is 0. The maximum absolute atomic E-state index is 12.5. The molecule has 0 bridgehead atoms. The van der Waals surface area contributed by atoms with E-state index in [0.29, 0.717) is 0 Å². The number of methoxy groups -OCH3 is 1. The van der Waals surface area contributed by atoms with Crippen molar-refractivity contribution < 1.29 is 37.5 Å². The van der Waals surface area contributed by atoms with Gasteiger partial charge in [-0.2, -0.15) is 8.78 Å². The topological polar surface area (TPSA) is 117 Å². The summed E-state index contributed by atoms with van der Waals surface area (Å²) in [6.07, 6.45) is -1.39. The number of benzene rings is 2. The van der Waals surface area contributed by atoms with Gasteiger partial charge in [0.1, 0.15) is 22.7 Å². The first-order valence-corrected chi connectivity index (χ1v) is 8.11. The van der Waals surface area contributed by atoms with Crippen molar-refractivity contribution in [2.45, 2.75) is 19.6 Å². The van der Waals surface area contributed by atoms with Gasteiger partial charge >= 0.3 is 12.6 Å². The molecule has 0 radical (unpaired) electrons. The smallest absolute Gasteiger partial charge is 0.387 e. The van der Waals surface area contributed by atoms with Crippen molar-refractivity contribution in [3.8, 4) is 11.5 Å². The van der Waals surface area contributed by atoms with Crippen LogP contribution in [0, 0.1) is 10.1 Å². The highest BCUT2D eigenvalue weighted by atomic mass is 19.3. The third-order valence-corrected chi connectivity index (χ3v) is 3.64. The Morgan fingerprint density at radius 2 is 1.86 bits per heavy atom. The molecule has 0 heterocycles. The first-order valence-electron chi connectivity index (χ1n) is 8.11. The molecule has 2 rings (SSSR count). The first kappa shape index (κ1) is 21.5. The van der Waals surface area contributed by atoms with Crippen LogP contribution < -0.4 is 14.8 Å². The van der Waals surface area contributed by atoms with Gasteiger partial charge in [0.25, 0.3) is 11.6 Å². The van der Waals surface area contributed by atoms with Crippen molar-refractivity contribution in [2.75, 3.05) is 12.4 Å². The molecular formula is C18H16F2N2O7. The molecule has 0 unspecified atom stereocenters. The Labute approximate surface area is 163 Å². The molecular weight excluding hydrogens is 394 g/mol. The number of halogens is 2. The third kappa shape index (κ3) is 5.61. The lowest BCUT2D eigenvalue weighted by atomic mass is 10.2. The fourth-order valence-corrected chi connectivity index (χ4v) is 2.24. The average Bonchev–Trinajstić information content (AvgIpc) is 2.67. The van der Waals surface area contributed by atoms with E-state index in [4.69, 9.17) is 9.47 Å². The zero-order chi connectivity index (χ0) is 21.6. The number of carbonyl (C=O) groups is 2. The number of esters is 1. The van der Waals surface area contributed by atoms with E-state index in [1.54, 1.807) is 0 Å². The second-order valence-electron chi connectivity index (χ2n) is 5.55. The van der Waals surface area contributed by atoms with Crippen molar-refractivity contribution in [3.05, 3.63) is 58.1 Å². The summed E-state index contributed by atoms with van der Waals surface area (Å²) in [6.45, 7) is -1.93. The molecule has 0 aliphatic rings. The molecule has 1 amide bonds. The number of amides is 1. The third-order valence-electron chi connectivity index (χ3n) is 3.64. The lowest BCUT2D eigenvalue weighted by molar-refractivity contribution is -0.384. The Morgan fingerprint density at radius 3 is 2.48 bits per heavy atom. The quantitative estimate of drug-likeness (QED) is 0.403. The lowest BCUT2D eigenvalue weighted by Gasteiger charge is -2.15. The molecule has 0 fully saturated rings. The summed E-state index contributed by atoms with van der Waals surface area (Å²) in [6, 6.07) is 8.90. The number of hydrogen-bond acceptors (Lipinski definition) is 7. The van der Waals surface area contributed by atoms with Gasteiger partial charge in [-0.25, -0.2) is 4.79 Å². The predicted octanol–water partition coefficient (Wildman–Crippen LogP) is 3.39. The number of alkyl halides is 2. The van der Waals surface area contributed by atoms with Gasteiger partial charge in [0.15, 0.2) is 6.10 Å². The second kappa shape index (κ2) is 9.44. The number of nitro groups is 1. The van der Waals surface area contributed by atoms with E-state index >= 15 is 0 Å². The summed E-state index contributed by atoms with van der Waals surface area (Å²) in [7, 11) is 1.33. The number of anilines is 1. The molecule has 1 N–H and O–H groups in total. The molecule has 0 saturated carbocycles. The second-order valence-corrected chi connectivity index (χ2v) is 5.55. The van der Waals surface area contributed by atoms with Crippen LogP contribution in [0.1, 0.15) is 17.3 Å². The minimum absolute atomic E-state index is 0.134. The minimum atomic E-state index is -3.15. The number of ether oxygens (including phenoxy) is 3. The van der Waals surface area contributed by atoms with Crippen molar-refractivity contribution >= 4 is 23.3 Å². The highest BCUT2D eigenvalue weighted by Crippen LogP contribution is 2.29. The minimum Gasteiger partial charge on any atom is -0.496 e. The summed E-state index contributed by atoms with van der Waals surface area (Å²) in [5, 5.41) is 13.4. The highest BCUT2D eigenvalue weighted by Gasteiger charge is 2.25. The molecule has 2 aromatic rings. The Bertz CT molecular complexity index is 921. The molecule has 11 heteroatoms. The molecule has 0 aromatic heterocycles. The van der Waals surface area contributed by atoms with E-state index in [-0.39, 0.29) is 17.0 Å². The largest absolute Gasteiger partial charge is 0.496 e. The zero-order valence-electron chi connectivity index (χ0n) is 15.3. The maximum Gasteiger partial charge on any atom is 0.387 e. The van der Waals surface area contributed by atoms with Gasteiger partial charge in [0, 0.05) is 0 Å². The van der Waals surface area contributed by atoms with Gasteiger partial charge in [0.2, 0.25) is 0 Å². The van der Waals surface area contributed by atoms with Crippen LogP contribution in [0.3, 0.4) is 0 Å². The van der Waals surface area contributed by atoms with E-state index in [2.05, 4.69) is 10.1 Å². The lowest BCUT2D eigenvalue weighted by Crippen LogP contribution is -2.30. The predicted molar refractivity (Wildman–Crippen MR) is 96.2 cm³/mol. The average molecular weight is 410 g/mol. The molecule has 2 aromatic carbocycles. The Hall–Kier alpha value is -3.76. The van der Waals surface area contributed by atoms with Gasteiger partial charge in [-0.1, -0.05) is 12.1 Å². The maximum atomic E-state index is 12.5. The normalized spacial score (nSPS) is 11.5. The standard InChI is InChI=1S/C18H16F2N2O7/c1-10(28-17(24)12-5-3-4-6-15(12)29-18(19)20)16(23)21-13-8-7-11(27-2)9-14(13)22(25)26/h3-10,18H,1-2H3,(H,21,23)/t10-/m0/s1. The Balaban J connectivity index is 2.12. The summed E-state index contributed by atoms with van der Waals surface area (Å²) in [4.78, 5) is 35.0. The SMILES string of the molecule is COc1ccc(NC(=O)[C@H](C)OC(=O)c2ccccc2OC(F)F)c([N+](=O)[O-])c1. The number of nitrogens with zero attached hydrogens (tertiary/aromatic N) is 1. The van der Waals surface area contributed by atoms with Crippen LogP contribution in [-0.4, -0.2) is 36.6 Å². The van der Waals surface area contributed by atoms with Crippen molar-refractivity contribution in [1.29, 1.82) is 0 Å². The number of nitrogens with one attached hydrogen (secondary N) is 1. The number of carbonyl (C=O) groups excluding carboxylic acids is 2. The van der Waals surface area contributed by atoms with Crippen LogP contribution in [0.5, 0.6) is 11.5 Å². The molecule has 154 valence electrons. The van der Waals surface area contributed by atoms with Crippen LogP contribution in [0.2, 0.25) is 0 Å². The van der Waals surface area contributed by atoms with Gasteiger partial charge in [-0.15, -0.1) is 0 Å². The van der Waals surface area contributed by atoms with E-state index in [9.17, 15) is 28.5 Å². The number of para-hydroxylation sites is 1. The van der Waals surface area contributed by atoms with Crippen LogP contribution >= 0.6 is 0 Å². The van der Waals surface area contributed by atoms with Gasteiger partial charge < -0.3 is 19.5 Å². The monoisotopic (exact) mass is 410 g/mol. The molecule has 9 nitrogen and oxygen atoms in total. The Kier molecular flexibility index (Phi) is 7.01. The van der Waals surface area contributed by atoms with Crippen LogP contribution in [-0.2, 0) is 9.53 Å². The fraction of sp³-hybridized carbons (Fsp3) is 0.222. The zero-order valence-corrected chi connectivity index (χ0v) is 15.3. The molecule has 29 heavy (non-hydrogen) atoms. The van der Waals surface area contributed by atoms with Gasteiger partial charge in [-0.05, 0) is 31.2 Å². The Morgan fingerprint density at radius 1 is 1.17 bits per heavy atom. The van der Waals surface area contributed by atoms with E-state index in [1.165, 1.54) is 44.4 Å². The summed E-state index contributed by atoms with van der Waals surface area (Å²) < 4.78 is 39.0. The fourth-order valence-electron chi connectivity index (χ4n) is 2.24. The van der Waals surface area contributed by atoms with Crippen molar-refractivity contribution in [3.63, 3.8) is 0 Å². The van der Waals surface area contributed by atoms with Gasteiger partial charge in [-0.3, -0.25) is 14.9 Å². The van der Waals surface area contributed by atoms with Crippen LogP contribution in [0.25, 0.3) is 0 Å². The summed E-state index contributed by atoms with van der Waals surface area (Å²) in [5.74, 6) is -2.14. The molecule has 0 aliphatic heterocycles. The van der Waals surface area contributed by atoms with Gasteiger partial charge in [0.05, 0.1) is 18.1 Å². The molecule has 1 atom stereocenters. The number of rotatable bonds is 8. The van der Waals surface area contributed by atoms with E-state index in [0.717, 1.165) is 12.1 Å². The number of hydrogen-bond donors (Lipinski definition) is 1. The van der Waals surface area contributed by atoms with E-state index < -0.39 is 41.0 Å². The van der Waals surface area contributed by atoms with Crippen LogP contribution in [0.4, 0.5) is 20.2 Å². The molecule has 0 saturated heterocycles.